The minimum Gasteiger partial charge on any atom is -0.479 e. The minimum absolute atomic E-state index is 0.278. The number of rotatable bonds is 5. The molecule has 0 unspecified atom stereocenters. The van der Waals surface area contributed by atoms with Gasteiger partial charge in [-0.1, -0.05) is 25.3 Å². The molecule has 0 aromatic heterocycles. The van der Waals surface area contributed by atoms with Gasteiger partial charge < -0.3 is 9.47 Å². The zero-order valence-electron chi connectivity index (χ0n) is 6.36. The van der Waals surface area contributed by atoms with Gasteiger partial charge in [0.15, 0.2) is 0 Å². The molecule has 0 aliphatic carbocycles. The van der Waals surface area contributed by atoms with Crippen molar-refractivity contribution in [2.75, 3.05) is 13.2 Å². The molecule has 12 heavy (non-hydrogen) atoms. The predicted octanol–water partition coefficient (Wildman–Crippen LogP) is 2.23. The first kappa shape index (κ1) is 12.5. The van der Waals surface area contributed by atoms with Crippen molar-refractivity contribution in [1.82, 2.24) is 0 Å². The van der Waals surface area contributed by atoms with Crippen molar-refractivity contribution < 1.29 is 9.47 Å². The average Bonchev–Trinajstić information content (AvgIpc) is 1.95. The molecule has 0 N–H and O–H groups in total. The Kier molecular flexibility index (Phi) is 8.42. The zero-order valence-corrected chi connectivity index (χ0v) is 9.78. The second-order valence-corrected chi connectivity index (χ2v) is 4.09. The van der Waals surface area contributed by atoms with Crippen LogP contribution in [0.5, 0.6) is 0 Å². The van der Waals surface area contributed by atoms with Crippen molar-refractivity contribution >= 4 is 58.5 Å². The van der Waals surface area contributed by atoms with Gasteiger partial charge in [-0.25, -0.2) is 0 Å². The molecule has 0 aliphatic heterocycles. The van der Waals surface area contributed by atoms with Gasteiger partial charge in [-0.2, -0.15) is 0 Å². The molecule has 0 rings (SSSR count). The van der Waals surface area contributed by atoms with Crippen LogP contribution < -0.4 is 0 Å². The molecule has 0 radical (unpaired) electrons. The van der Waals surface area contributed by atoms with E-state index in [2.05, 4.69) is 49.7 Å². The molecule has 0 fully saturated rings. The Morgan fingerprint density at radius 2 is 1.25 bits per heavy atom. The van der Waals surface area contributed by atoms with Crippen LogP contribution in [0.4, 0.5) is 0 Å². The Balaban J connectivity index is 3.01. The Morgan fingerprint density at radius 3 is 1.50 bits per heavy atom. The van der Waals surface area contributed by atoms with E-state index in [9.17, 15) is 0 Å². The van der Waals surface area contributed by atoms with Gasteiger partial charge in [0.2, 0.25) is 8.77 Å². The van der Waals surface area contributed by atoms with Gasteiger partial charge in [-0.3, -0.25) is 0 Å². The average molecular weight is 242 g/mol. The molecule has 0 atom stereocenters. The molecule has 0 heterocycles. The number of thiol groups is 2. The normalized spacial score (nSPS) is 9.17. The van der Waals surface area contributed by atoms with Gasteiger partial charge in [-0.05, 0) is 37.3 Å². The molecule has 6 heteroatoms. The van der Waals surface area contributed by atoms with Crippen molar-refractivity contribution in [2.45, 2.75) is 12.8 Å². The first-order valence-corrected chi connectivity index (χ1v) is 5.05. The van der Waals surface area contributed by atoms with Gasteiger partial charge in [0.1, 0.15) is 0 Å². The van der Waals surface area contributed by atoms with Crippen molar-refractivity contribution in [3.8, 4) is 0 Å². The fraction of sp³-hybridized carbons (Fsp3) is 0.667. The smallest absolute Gasteiger partial charge is 0.216 e. The summed E-state index contributed by atoms with van der Waals surface area (Å²) in [6.45, 7) is 1.15. The second kappa shape index (κ2) is 8.10. The molecule has 0 spiro atoms. The van der Waals surface area contributed by atoms with E-state index >= 15 is 0 Å². The maximum Gasteiger partial charge on any atom is 0.216 e. The zero-order chi connectivity index (χ0) is 9.40. The van der Waals surface area contributed by atoms with Gasteiger partial charge >= 0.3 is 0 Å². The molecule has 0 bridgehead atoms. The lowest BCUT2D eigenvalue weighted by atomic mass is 10.3. The van der Waals surface area contributed by atoms with E-state index in [-0.39, 0.29) is 8.77 Å². The van der Waals surface area contributed by atoms with Crippen LogP contribution in [-0.4, -0.2) is 22.0 Å². The lowest BCUT2D eigenvalue weighted by molar-refractivity contribution is 0.268. The lowest BCUT2D eigenvalue weighted by Gasteiger charge is -2.03. The van der Waals surface area contributed by atoms with Crippen molar-refractivity contribution in [3.63, 3.8) is 0 Å². The summed E-state index contributed by atoms with van der Waals surface area (Å²) in [6, 6.07) is 0. The summed E-state index contributed by atoms with van der Waals surface area (Å²) in [7, 11) is 0. The summed E-state index contributed by atoms with van der Waals surface area (Å²) in [5.41, 5.74) is 0. The molecule has 0 saturated carbocycles. The van der Waals surface area contributed by atoms with E-state index in [0.29, 0.717) is 13.2 Å². The highest BCUT2D eigenvalue weighted by molar-refractivity contribution is 8.10. The van der Waals surface area contributed by atoms with E-state index in [1.807, 2.05) is 0 Å². The lowest BCUT2D eigenvalue weighted by Crippen LogP contribution is -2.00. The maximum atomic E-state index is 4.94. The van der Waals surface area contributed by atoms with E-state index < -0.39 is 0 Å². The molecule has 70 valence electrons. The van der Waals surface area contributed by atoms with E-state index in [0.717, 1.165) is 12.8 Å². The largest absolute Gasteiger partial charge is 0.479 e. The van der Waals surface area contributed by atoms with Crippen LogP contribution in [0.15, 0.2) is 0 Å². The second-order valence-electron chi connectivity index (χ2n) is 1.94. The number of ether oxygens (including phenoxy) is 2. The fourth-order valence-corrected chi connectivity index (χ4v) is 0.872. The fourth-order valence-electron chi connectivity index (χ4n) is 0.523. The van der Waals surface area contributed by atoms with Gasteiger partial charge in [0.25, 0.3) is 0 Å². The predicted molar refractivity (Wildman–Crippen MR) is 64.3 cm³/mol. The van der Waals surface area contributed by atoms with E-state index in [4.69, 9.17) is 9.47 Å². The van der Waals surface area contributed by atoms with Gasteiger partial charge in [0.05, 0.1) is 13.2 Å². The molecule has 0 saturated heterocycles. The molecule has 0 amide bonds. The van der Waals surface area contributed by atoms with Crippen molar-refractivity contribution in [1.29, 1.82) is 0 Å². The summed E-state index contributed by atoms with van der Waals surface area (Å²) in [4.78, 5) is 0. The van der Waals surface area contributed by atoms with Crippen LogP contribution in [0.1, 0.15) is 12.8 Å². The van der Waals surface area contributed by atoms with Crippen LogP contribution >= 0.6 is 49.7 Å². The SMILES string of the molecule is S=C(S)OCCCCOC(=S)S. The minimum atomic E-state index is 0.278. The number of thiocarbonyl (C=S) groups is 2. The number of hydrogen-bond donors (Lipinski definition) is 2. The van der Waals surface area contributed by atoms with Crippen LogP contribution in [0.3, 0.4) is 0 Å². The van der Waals surface area contributed by atoms with Crippen molar-refractivity contribution in [3.05, 3.63) is 0 Å². The first-order valence-electron chi connectivity index (χ1n) is 3.34. The standard InChI is InChI=1S/C6H10O2S4/c9-5(10)7-3-1-2-4-8-6(11)12/h1-4H2,(H,9,10)(H,11,12). The number of unbranched alkanes of at least 4 members (excludes halogenated alkanes) is 1. The summed E-state index contributed by atoms with van der Waals surface area (Å²) in [5.74, 6) is 0. The third-order valence-electron chi connectivity index (χ3n) is 0.990. The van der Waals surface area contributed by atoms with Gasteiger partial charge in [-0.15, -0.1) is 0 Å². The van der Waals surface area contributed by atoms with E-state index in [1.165, 1.54) is 0 Å². The third kappa shape index (κ3) is 10.5. The Morgan fingerprint density at radius 1 is 0.917 bits per heavy atom. The van der Waals surface area contributed by atoms with Crippen LogP contribution in [0.2, 0.25) is 0 Å². The number of hydrogen-bond acceptors (Lipinski definition) is 4. The molecule has 0 aliphatic rings. The monoisotopic (exact) mass is 242 g/mol. The third-order valence-corrected chi connectivity index (χ3v) is 1.48. The van der Waals surface area contributed by atoms with Gasteiger partial charge in [0, 0.05) is 0 Å². The molecular weight excluding hydrogens is 232 g/mol. The first-order chi connectivity index (χ1) is 5.63. The summed E-state index contributed by atoms with van der Waals surface area (Å²) < 4.78 is 10.4. The topological polar surface area (TPSA) is 18.5 Å². The summed E-state index contributed by atoms with van der Waals surface area (Å²) in [5, 5.41) is 0. The Bertz CT molecular complexity index is 142. The Hall–Kier alpha value is 0.480. The highest BCUT2D eigenvalue weighted by Crippen LogP contribution is 1.96. The molecule has 0 aromatic carbocycles. The van der Waals surface area contributed by atoms with Crippen LogP contribution in [0, 0.1) is 0 Å². The van der Waals surface area contributed by atoms with Crippen LogP contribution in [-0.2, 0) is 9.47 Å². The maximum absolute atomic E-state index is 4.94. The molecular formula is C6H10O2S4. The highest BCUT2D eigenvalue weighted by atomic mass is 32.1. The molecule has 2 nitrogen and oxygen atoms in total. The molecule has 0 aromatic rings. The van der Waals surface area contributed by atoms with Crippen LogP contribution in [0.25, 0.3) is 0 Å². The quantitative estimate of drug-likeness (QED) is 0.437. The highest BCUT2D eigenvalue weighted by Gasteiger charge is 1.92. The summed E-state index contributed by atoms with van der Waals surface area (Å²) in [6.07, 6.45) is 1.74. The van der Waals surface area contributed by atoms with E-state index in [1.54, 1.807) is 0 Å². The summed E-state index contributed by atoms with van der Waals surface area (Å²) >= 11 is 16.8. The Labute approximate surface area is 93.8 Å². The van der Waals surface area contributed by atoms with Crippen molar-refractivity contribution in [2.24, 2.45) is 0 Å².